The van der Waals surface area contributed by atoms with E-state index in [0.717, 1.165) is 36.7 Å². The van der Waals surface area contributed by atoms with Gasteiger partial charge in [0.15, 0.2) is 0 Å². The third-order valence-corrected chi connectivity index (χ3v) is 5.29. The van der Waals surface area contributed by atoms with E-state index >= 15 is 0 Å². The first-order valence-corrected chi connectivity index (χ1v) is 9.60. The van der Waals surface area contributed by atoms with Gasteiger partial charge in [0.05, 0.1) is 10.7 Å². The quantitative estimate of drug-likeness (QED) is 0.716. The molecule has 2 aromatic rings. The van der Waals surface area contributed by atoms with Crippen LogP contribution < -0.4 is 0 Å². The van der Waals surface area contributed by atoms with Gasteiger partial charge in [-0.2, -0.15) is 5.10 Å². The topological polar surface area (TPSA) is 41.4 Å². The molecule has 2 fully saturated rings. The van der Waals surface area contributed by atoms with E-state index in [-0.39, 0.29) is 11.7 Å². The number of halogens is 2. The lowest BCUT2D eigenvalue weighted by atomic mass is 10.1. The summed E-state index contributed by atoms with van der Waals surface area (Å²) >= 11 is 3.30. The molecular formula is C19H20BrFN4O. The third kappa shape index (κ3) is 3.88. The van der Waals surface area contributed by atoms with Crippen LogP contribution in [0.2, 0.25) is 0 Å². The summed E-state index contributed by atoms with van der Waals surface area (Å²) in [5.41, 5.74) is 1.03. The lowest BCUT2D eigenvalue weighted by Crippen LogP contribution is -2.48. The Balaban J connectivity index is 1.38. The van der Waals surface area contributed by atoms with E-state index in [9.17, 15) is 9.18 Å². The van der Waals surface area contributed by atoms with E-state index in [2.05, 4.69) is 25.9 Å². The molecule has 0 unspecified atom stereocenters. The molecule has 5 nitrogen and oxygen atoms in total. The summed E-state index contributed by atoms with van der Waals surface area (Å²) in [6, 6.07) is 5.61. The minimum Gasteiger partial charge on any atom is -0.337 e. The molecule has 0 radical (unpaired) electrons. The Morgan fingerprint density at radius 2 is 2.00 bits per heavy atom. The van der Waals surface area contributed by atoms with Crippen LogP contribution in [0.1, 0.15) is 18.4 Å². The van der Waals surface area contributed by atoms with E-state index in [4.69, 9.17) is 0 Å². The molecule has 26 heavy (non-hydrogen) atoms. The molecule has 1 amide bonds. The number of benzene rings is 1. The van der Waals surface area contributed by atoms with Crippen LogP contribution in [0.15, 0.2) is 41.1 Å². The molecule has 7 heteroatoms. The highest BCUT2D eigenvalue weighted by Crippen LogP contribution is 2.27. The van der Waals surface area contributed by atoms with Crippen LogP contribution in [0.25, 0.3) is 11.8 Å². The monoisotopic (exact) mass is 418 g/mol. The summed E-state index contributed by atoms with van der Waals surface area (Å²) in [7, 11) is 0. The Morgan fingerprint density at radius 3 is 2.62 bits per heavy atom. The summed E-state index contributed by atoms with van der Waals surface area (Å²) in [5, 5.41) is 4.08. The van der Waals surface area contributed by atoms with Crippen molar-refractivity contribution in [1.82, 2.24) is 19.6 Å². The zero-order valence-electron chi connectivity index (χ0n) is 14.3. The zero-order valence-corrected chi connectivity index (χ0v) is 15.9. The predicted molar refractivity (Wildman–Crippen MR) is 101 cm³/mol. The molecule has 2 aliphatic rings. The Labute approximate surface area is 160 Å². The number of piperazine rings is 1. The lowest BCUT2D eigenvalue weighted by Gasteiger charge is -2.34. The first-order chi connectivity index (χ1) is 12.6. The highest BCUT2D eigenvalue weighted by molar-refractivity contribution is 9.10. The fraction of sp³-hybridized carbons (Fsp3) is 0.368. The normalized spacial score (nSPS) is 18.6. The smallest absolute Gasteiger partial charge is 0.246 e. The van der Waals surface area contributed by atoms with Gasteiger partial charge in [0.25, 0.3) is 0 Å². The van der Waals surface area contributed by atoms with Gasteiger partial charge >= 0.3 is 0 Å². The highest BCUT2D eigenvalue weighted by atomic mass is 79.9. The van der Waals surface area contributed by atoms with Gasteiger partial charge in [0.2, 0.25) is 5.91 Å². The Bertz CT molecular complexity index is 838. The van der Waals surface area contributed by atoms with Gasteiger partial charge < -0.3 is 4.90 Å². The molecular weight excluding hydrogens is 399 g/mol. The van der Waals surface area contributed by atoms with Crippen molar-refractivity contribution >= 4 is 27.9 Å². The van der Waals surface area contributed by atoms with Crippen LogP contribution in [0.4, 0.5) is 4.39 Å². The molecule has 0 spiro atoms. The largest absolute Gasteiger partial charge is 0.337 e. The summed E-state index contributed by atoms with van der Waals surface area (Å²) in [4.78, 5) is 16.7. The molecule has 0 N–H and O–H groups in total. The van der Waals surface area contributed by atoms with E-state index in [1.807, 2.05) is 4.90 Å². The Hall–Kier alpha value is -1.99. The number of aromatic nitrogens is 2. The van der Waals surface area contributed by atoms with E-state index in [1.54, 1.807) is 30.6 Å². The zero-order chi connectivity index (χ0) is 18.1. The van der Waals surface area contributed by atoms with Gasteiger partial charge in [-0.25, -0.2) is 9.07 Å². The van der Waals surface area contributed by atoms with Crippen LogP contribution in [0.3, 0.4) is 0 Å². The molecule has 2 heterocycles. The van der Waals surface area contributed by atoms with Gasteiger partial charge in [-0.15, -0.1) is 0 Å². The minimum absolute atomic E-state index is 0.0130. The summed E-state index contributed by atoms with van der Waals surface area (Å²) < 4.78 is 16.6. The van der Waals surface area contributed by atoms with Crippen LogP contribution in [0.5, 0.6) is 0 Å². The number of rotatable bonds is 4. The maximum Gasteiger partial charge on any atom is 0.246 e. The van der Waals surface area contributed by atoms with Crippen molar-refractivity contribution in [3.63, 3.8) is 0 Å². The predicted octanol–water partition coefficient (Wildman–Crippen LogP) is 3.09. The molecule has 1 aromatic carbocycles. The average Bonchev–Trinajstić information content (AvgIpc) is 3.41. The maximum atomic E-state index is 14.3. The van der Waals surface area contributed by atoms with Crippen molar-refractivity contribution in [2.75, 3.05) is 26.2 Å². The van der Waals surface area contributed by atoms with Crippen molar-refractivity contribution in [3.05, 3.63) is 52.5 Å². The molecule has 1 aliphatic carbocycles. The van der Waals surface area contributed by atoms with E-state index in [1.165, 1.54) is 29.7 Å². The van der Waals surface area contributed by atoms with Crippen LogP contribution in [0, 0.1) is 5.82 Å². The fourth-order valence-electron chi connectivity index (χ4n) is 3.27. The van der Waals surface area contributed by atoms with Gasteiger partial charge in [-0.05, 0) is 52.5 Å². The average molecular weight is 419 g/mol. The van der Waals surface area contributed by atoms with E-state index in [0.29, 0.717) is 11.3 Å². The second-order valence-corrected chi connectivity index (χ2v) is 7.66. The van der Waals surface area contributed by atoms with Crippen LogP contribution in [-0.2, 0) is 4.79 Å². The number of amides is 1. The Kier molecular flexibility index (Phi) is 4.91. The van der Waals surface area contributed by atoms with Crippen LogP contribution >= 0.6 is 15.9 Å². The van der Waals surface area contributed by atoms with Crippen molar-refractivity contribution in [2.24, 2.45) is 0 Å². The molecule has 0 bridgehead atoms. The maximum absolute atomic E-state index is 14.3. The number of carbonyl (C=O) groups excluding carboxylic acids is 1. The minimum atomic E-state index is -0.381. The first kappa shape index (κ1) is 17.4. The number of nitrogens with zero attached hydrogens (tertiary/aromatic N) is 4. The van der Waals surface area contributed by atoms with Gasteiger partial charge in [0.1, 0.15) is 11.5 Å². The SMILES string of the molecule is O=C(/C=C/c1ccc(-n2cc(Br)cn2)c(F)c1)N1CCN(C2CC2)CC1. The summed E-state index contributed by atoms with van der Waals surface area (Å²) in [6.07, 6.45) is 9.09. The second kappa shape index (κ2) is 7.32. The van der Waals surface area contributed by atoms with E-state index < -0.39 is 0 Å². The third-order valence-electron chi connectivity index (χ3n) is 4.88. The van der Waals surface area contributed by atoms with Crippen LogP contribution in [-0.4, -0.2) is 57.7 Å². The standard InChI is InChI=1S/C19H20BrFN4O/c20-15-12-22-25(13-15)18-5-1-14(11-17(18)21)2-6-19(26)24-9-7-23(8-10-24)16-3-4-16/h1-2,5-6,11-13,16H,3-4,7-10H2/b6-2+. The Morgan fingerprint density at radius 1 is 1.23 bits per heavy atom. The molecule has 1 aliphatic heterocycles. The number of carbonyl (C=O) groups is 1. The van der Waals surface area contributed by atoms with Crippen molar-refractivity contribution in [3.8, 4) is 5.69 Å². The lowest BCUT2D eigenvalue weighted by molar-refractivity contribution is -0.127. The summed E-state index contributed by atoms with van der Waals surface area (Å²) in [6.45, 7) is 3.43. The first-order valence-electron chi connectivity index (χ1n) is 8.81. The fourth-order valence-corrected chi connectivity index (χ4v) is 3.55. The highest BCUT2D eigenvalue weighted by Gasteiger charge is 2.31. The van der Waals surface area contributed by atoms with Crippen molar-refractivity contribution < 1.29 is 9.18 Å². The summed E-state index contributed by atoms with van der Waals surface area (Å²) in [5.74, 6) is -0.394. The molecule has 4 rings (SSSR count). The van der Waals surface area contributed by atoms with Gasteiger partial charge in [0, 0.05) is 44.5 Å². The van der Waals surface area contributed by atoms with Gasteiger partial charge in [-0.3, -0.25) is 9.69 Å². The molecule has 1 aromatic heterocycles. The molecule has 1 saturated carbocycles. The van der Waals surface area contributed by atoms with Crippen molar-refractivity contribution in [1.29, 1.82) is 0 Å². The van der Waals surface area contributed by atoms with Crippen molar-refractivity contribution in [2.45, 2.75) is 18.9 Å². The molecule has 136 valence electrons. The number of hydrogen-bond acceptors (Lipinski definition) is 3. The molecule has 1 saturated heterocycles. The van der Waals surface area contributed by atoms with Gasteiger partial charge in [-0.1, -0.05) is 6.07 Å². The molecule has 0 atom stereocenters. The second-order valence-electron chi connectivity index (χ2n) is 6.74. The number of hydrogen-bond donors (Lipinski definition) is 0.